The minimum atomic E-state index is -1.17. The Kier molecular flexibility index (Phi) is 9.21. The number of carbonyl (C=O) groups is 3. The molecule has 1 aliphatic rings. The van der Waals surface area contributed by atoms with Gasteiger partial charge in [-0.3, -0.25) is 14.4 Å². The lowest BCUT2D eigenvalue weighted by atomic mass is 9.99. The predicted molar refractivity (Wildman–Crippen MR) is 115 cm³/mol. The van der Waals surface area contributed by atoms with Crippen molar-refractivity contribution in [1.29, 1.82) is 0 Å². The molecule has 0 bridgehead atoms. The van der Waals surface area contributed by atoms with Crippen molar-refractivity contribution in [3.05, 3.63) is 29.8 Å². The molecule has 176 valence electrons. The zero-order valence-electron chi connectivity index (χ0n) is 18.5. The molecule has 10 nitrogen and oxygen atoms in total. The molecule has 0 radical (unpaired) electrons. The van der Waals surface area contributed by atoms with E-state index in [1.165, 1.54) is 27.9 Å². The lowest BCUT2D eigenvalue weighted by Gasteiger charge is -2.43. The first-order chi connectivity index (χ1) is 15.1. The van der Waals surface area contributed by atoms with Crippen LogP contribution in [0.25, 0.3) is 0 Å². The topological polar surface area (TPSA) is 119 Å². The highest BCUT2D eigenvalue weighted by Crippen LogP contribution is 2.30. The third-order valence-electron chi connectivity index (χ3n) is 4.43. The van der Waals surface area contributed by atoms with Gasteiger partial charge in [-0.15, -0.1) is 0 Å². The Morgan fingerprint density at radius 3 is 2.00 bits per heavy atom. The first-order valence-corrected chi connectivity index (χ1v) is 10.3. The van der Waals surface area contributed by atoms with Gasteiger partial charge in [-0.25, -0.2) is 0 Å². The van der Waals surface area contributed by atoms with Crippen molar-refractivity contribution < 1.29 is 42.8 Å². The standard InChI is InChI=1S/C21H27NO9S/c1-11-17(28-12(2)23)18(29-13(3)24)19(30-14(4)25)20(27-11)31-16-8-6-15(7-9-16)10-22-21(32)26-5/h6-9,11,17-20H,10H2,1-5H3,(H,22,32). The Morgan fingerprint density at radius 2 is 1.47 bits per heavy atom. The zero-order chi connectivity index (χ0) is 23.8. The van der Waals surface area contributed by atoms with Gasteiger partial charge in [0.15, 0.2) is 12.2 Å². The molecule has 0 saturated carbocycles. The summed E-state index contributed by atoms with van der Waals surface area (Å²) in [5.74, 6) is -1.45. The van der Waals surface area contributed by atoms with Crippen molar-refractivity contribution >= 4 is 35.3 Å². The van der Waals surface area contributed by atoms with Crippen LogP contribution in [0, 0.1) is 0 Å². The van der Waals surface area contributed by atoms with Gasteiger partial charge in [-0.1, -0.05) is 12.1 Å². The van der Waals surface area contributed by atoms with Gasteiger partial charge in [0.2, 0.25) is 12.4 Å². The summed E-state index contributed by atoms with van der Waals surface area (Å²) in [7, 11) is 1.48. The molecule has 1 N–H and O–H groups in total. The van der Waals surface area contributed by atoms with E-state index in [2.05, 4.69) is 5.32 Å². The average molecular weight is 470 g/mol. The van der Waals surface area contributed by atoms with Crippen molar-refractivity contribution in [3.63, 3.8) is 0 Å². The molecule has 1 fully saturated rings. The number of esters is 3. The summed E-state index contributed by atoms with van der Waals surface area (Å²) < 4.78 is 32.6. The number of nitrogens with one attached hydrogen (secondary N) is 1. The second-order valence-electron chi connectivity index (χ2n) is 7.04. The molecule has 5 atom stereocenters. The lowest BCUT2D eigenvalue weighted by Crippen LogP contribution is -2.62. The number of rotatable bonds is 7. The number of ether oxygens (including phenoxy) is 6. The Hall–Kier alpha value is -2.92. The van der Waals surface area contributed by atoms with E-state index >= 15 is 0 Å². The molecule has 0 spiro atoms. The van der Waals surface area contributed by atoms with E-state index in [0.717, 1.165) is 5.56 Å². The summed E-state index contributed by atoms with van der Waals surface area (Å²) in [6, 6.07) is 7.01. The van der Waals surface area contributed by atoms with Crippen LogP contribution < -0.4 is 10.1 Å². The molecule has 1 aromatic rings. The molecule has 1 saturated heterocycles. The number of benzene rings is 1. The summed E-state index contributed by atoms with van der Waals surface area (Å²) >= 11 is 4.94. The first kappa shape index (κ1) is 25.3. The Labute approximate surface area is 191 Å². The van der Waals surface area contributed by atoms with Gasteiger partial charge < -0.3 is 33.7 Å². The van der Waals surface area contributed by atoms with E-state index in [1.807, 2.05) is 0 Å². The van der Waals surface area contributed by atoms with Gasteiger partial charge in [-0.2, -0.15) is 0 Å². The molecular formula is C21H27NO9S. The SMILES string of the molecule is COC(=S)NCc1ccc(OC2OC(C)C(OC(C)=O)C(OC(C)=O)C2OC(C)=O)cc1. The highest BCUT2D eigenvalue weighted by molar-refractivity contribution is 7.80. The number of hydrogen-bond acceptors (Lipinski definition) is 10. The van der Waals surface area contributed by atoms with Crippen molar-refractivity contribution in [2.24, 2.45) is 0 Å². The van der Waals surface area contributed by atoms with E-state index in [0.29, 0.717) is 12.3 Å². The van der Waals surface area contributed by atoms with Gasteiger partial charge in [-0.05, 0) is 36.8 Å². The van der Waals surface area contributed by atoms with Gasteiger partial charge in [0.1, 0.15) is 5.75 Å². The van der Waals surface area contributed by atoms with Crippen LogP contribution in [0.3, 0.4) is 0 Å². The summed E-state index contributed by atoms with van der Waals surface area (Å²) in [6.07, 6.45) is -5.10. The molecule has 1 heterocycles. The largest absolute Gasteiger partial charge is 0.474 e. The molecule has 5 unspecified atom stereocenters. The smallest absolute Gasteiger partial charge is 0.303 e. The lowest BCUT2D eigenvalue weighted by molar-refractivity contribution is -0.280. The van der Waals surface area contributed by atoms with Crippen molar-refractivity contribution in [1.82, 2.24) is 5.32 Å². The van der Waals surface area contributed by atoms with Gasteiger partial charge in [0.05, 0.1) is 13.2 Å². The third kappa shape index (κ3) is 7.34. The van der Waals surface area contributed by atoms with Crippen LogP contribution in [0.5, 0.6) is 5.75 Å². The van der Waals surface area contributed by atoms with Crippen molar-refractivity contribution in [2.75, 3.05) is 7.11 Å². The summed E-state index contributed by atoms with van der Waals surface area (Å²) in [6.45, 7) is 5.72. The fourth-order valence-corrected chi connectivity index (χ4v) is 3.20. The number of hydrogen-bond donors (Lipinski definition) is 1. The fourth-order valence-electron chi connectivity index (χ4n) is 3.13. The maximum Gasteiger partial charge on any atom is 0.303 e. The molecule has 1 aliphatic heterocycles. The van der Waals surface area contributed by atoms with E-state index < -0.39 is 48.6 Å². The zero-order valence-corrected chi connectivity index (χ0v) is 19.3. The average Bonchev–Trinajstić information content (AvgIpc) is 2.71. The van der Waals surface area contributed by atoms with E-state index in [1.54, 1.807) is 31.2 Å². The molecular weight excluding hydrogens is 442 g/mol. The van der Waals surface area contributed by atoms with Gasteiger partial charge >= 0.3 is 17.9 Å². The molecule has 32 heavy (non-hydrogen) atoms. The first-order valence-electron chi connectivity index (χ1n) is 9.85. The Morgan fingerprint density at radius 1 is 0.938 bits per heavy atom. The second kappa shape index (κ2) is 11.6. The molecule has 2 rings (SSSR count). The second-order valence-corrected chi connectivity index (χ2v) is 7.41. The van der Waals surface area contributed by atoms with Gasteiger partial charge in [0, 0.05) is 27.3 Å². The minimum absolute atomic E-state index is 0.276. The van der Waals surface area contributed by atoms with Crippen LogP contribution in [0.1, 0.15) is 33.3 Å². The number of methoxy groups -OCH3 is 1. The summed E-state index contributed by atoms with van der Waals surface area (Å²) in [4.78, 5) is 35.0. The van der Waals surface area contributed by atoms with E-state index in [9.17, 15) is 14.4 Å². The van der Waals surface area contributed by atoms with E-state index in [4.69, 9.17) is 40.6 Å². The maximum atomic E-state index is 11.7. The quantitative estimate of drug-likeness (QED) is 0.356. The van der Waals surface area contributed by atoms with Gasteiger partial charge in [0.25, 0.3) is 5.17 Å². The minimum Gasteiger partial charge on any atom is -0.474 e. The Balaban J connectivity index is 2.22. The Bertz CT molecular complexity index is 829. The highest BCUT2D eigenvalue weighted by atomic mass is 32.1. The molecule has 0 amide bonds. The summed E-state index contributed by atoms with van der Waals surface area (Å²) in [5.41, 5.74) is 0.916. The third-order valence-corrected chi connectivity index (χ3v) is 4.74. The maximum absolute atomic E-state index is 11.7. The van der Waals surface area contributed by atoms with Crippen LogP contribution in [-0.2, 0) is 44.6 Å². The van der Waals surface area contributed by atoms with Crippen LogP contribution in [0.15, 0.2) is 24.3 Å². The van der Waals surface area contributed by atoms with Crippen LogP contribution >= 0.6 is 12.2 Å². The number of carbonyl (C=O) groups excluding carboxylic acids is 3. The summed E-state index contributed by atoms with van der Waals surface area (Å²) in [5, 5.41) is 3.20. The van der Waals surface area contributed by atoms with Crippen molar-refractivity contribution in [3.8, 4) is 5.75 Å². The monoisotopic (exact) mass is 469 g/mol. The normalized spacial score (nSPS) is 24.6. The molecule has 0 aliphatic carbocycles. The highest BCUT2D eigenvalue weighted by Gasteiger charge is 2.51. The molecule has 0 aromatic heterocycles. The molecule has 11 heteroatoms. The fraction of sp³-hybridized carbons (Fsp3) is 0.524. The van der Waals surface area contributed by atoms with Crippen LogP contribution in [0.2, 0.25) is 0 Å². The van der Waals surface area contributed by atoms with Crippen molar-refractivity contribution in [2.45, 2.75) is 64.9 Å². The van der Waals surface area contributed by atoms with E-state index in [-0.39, 0.29) is 5.17 Å². The molecule has 1 aromatic carbocycles. The van der Waals surface area contributed by atoms with Crippen LogP contribution in [0.4, 0.5) is 0 Å². The number of thiocarbonyl (C=S) groups is 1. The predicted octanol–water partition coefficient (Wildman–Crippen LogP) is 1.63. The van der Waals surface area contributed by atoms with Crippen LogP contribution in [-0.4, -0.2) is 60.9 Å².